The first-order valence-corrected chi connectivity index (χ1v) is 7.75. The van der Waals surface area contributed by atoms with Crippen LogP contribution in [-0.2, 0) is 5.41 Å². The van der Waals surface area contributed by atoms with E-state index in [9.17, 15) is 5.26 Å². The number of benzene rings is 1. The van der Waals surface area contributed by atoms with Crippen molar-refractivity contribution in [3.8, 4) is 6.07 Å². The van der Waals surface area contributed by atoms with Gasteiger partial charge in [0.05, 0.1) is 23.4 Å². The third kappa shape index (κ3) is 2.62. The van der Waals surface area contributed by atoms with E-state index in [0.717, 1.165) is 36.1 Å². The molecular formula is C18H20N4O. The van der Waals surface area contributed by atoms with E-state index in [2.05, 4.69) is 11.1 Å². The lowest BCUT2D eigenvalue weighted by atomic mass is 9.65. The summed E-state index contributed by atoms with van der Waals surface area (Å²) in [5, 5.41) is 11.0. The Morgan fingerprint density at radius 1 is 1.43 bits per heavy atom. The summed E-state index contributed by atoms with van der Waals surface area (Å²) in [5.41, 5.74) is 2.37. The van der Waals surface area contributed by atoms with Gasteiger partial charge < -0.3 is 4.42 Å². The second-order valence-corrected chi connectivity index (χ2v) is 5.94. The molecule has 2 aromatic rings. The van der Waals surface area contributed by atoms with Crippen molar-refractivity contribution in [2.75, 3.05) is 5.01 Å². The minimum absolute atomic E-state index is 0.338. The highest BCUT2D eigenvalue weighted by Crippen LogP contribution is 2.44. The van der Waals surface area contributed by atoms with Crippen LogP contribution in [0.5, 0.6) is 0 Å². The number of aryl methyl sites for hydroxylation is 1. The number of hydrogen-bond acceptors (Lipinski definition) is 5. The second kappa shape index (κ2) is 5.90. The lowest BCUT2D eigenvalue weighted by Gasteiger charge is -2.36. The van der Waals surface area contributed by atoms with Crippen LogP contribution in [0.2, 0.25) is 0 Å². The summed E-state index contributed by atoms with van der Waals surface area (Å²) in [4.78, 5) is 4.18. The molecule has 2 N–H and O–H groups in total. The van der Waals surface area contributed by atoms with Crippen molar-refractivity contribution in [1.29, 1.82) is 5.26 Å². The quantitative estimate of drug-likeness (QED) is 0.683. The second-order valence-electron chi connectivity index (χ2n) is 5.94. The van der Waals surface area contributed by atoms with Gasteiger partial charge in [0.1, 0.15) is 5.76 Å². The fourth-order valence-corrected chi connectivity index (χ4v) is 2.92. The Morgan fingerprint density at radius 2 is 2.22 bits per heavy atom. The number of nitrogens with two attached hydrogens (primary N) is 1. The largest absolute Gasteiger partial charge is 0.428 e. The molecule has 1 aromatic heterocycles. The first-order valence-electron chi connectivity index (χ1n) is 7.75. The first-order chi connectivity index (χ1) is 11.1. The van der Waals surface area contributed by atoms with E-state index < -0.39 is 0 Å². The van der Waals surface area contributed by atoms with E-state index in [0.29, 0.717) is 11.8 Å². The van der Waals surface area contributed by atoms with Crippen molar-refractivity contribution < 1.29 is 4.42 Å². The molecule has 23 heavy (non-hydrogen) atoms. The van der Waals surface area contributed by atoms with E-state index >= 15 is 0 Å². The summed E-state index contributed by atoms with van der Waals surface area (Å²) >= 11 is 0. The molecule has 0 aliphatic heterocycles. The molecule has 0 bridgehead atoms. The number of allylic oxidation sites excluding steroid dienone is 1. The van der Waals surface area contributed by atoms with Crippen LogP contribution in [0, 0.1) is 18.3 Å². The van der Waals surface area contributed by atoms with Gasteiger partial charge in [-0.05, 0) is 50.3 Å². The van der Waals surface area contributed by atoms with E-state index in [1.54, 1.807) is 6.20 Å². The van der Waals surface area contributed by atoms with Crippen LogP contribution >= 0.6 is 0 Å². The molecule has 0 atom stereocenters. The molecule has 1 heterocycles. The third-order valence-corrected chi connectivity index (χ3v) is 4.43. The van der Waals surface area contributed by atoms with Crippen molar-refractivity contribution in [3.05, 3.63) is 47.4 Å². The summed E-state index contributed by atoms with van der Waals surface area (Å²) in [6.07, 6.45) is 8.45. The molecule has 0 unspecified atom stereocenters. The van der Waals surface area contributed by atoms with E-state index in [-0.39, 0.29) is 5.41 Å². The number of hydrazine groups is 1. The molecule has 1 aliphatic carbocycles. The smallest absolute Gasteiger partial charge is 0.316 e. The zero-order valence-electron chi connectivity index (χ0n) is 13.4. The van der Waals surface area contributed by atoms with Gasteiger partial charge in [-0.3, -0.25) is 0 Å². The van der Waals surface area contributed by atoms with Gasteiger partial charge in [0.2, 0.25) is 0 Å². The van der Waals surface area contributed by atoms with Crippen LogP contribution < -0.4 is 10.9 Å². The Labute approximate surface area is 136 Å². The minimum Gasteiger partial charge on any atom is -0.428 e. The molecule has 1 fully saturated rings. The third-order valence-electron chi connectivity index (χ3n) is 4.43. The van der Waals surface area contributed by atoms with Gasteiger partial charge in [-0.15, -0.1) is 0 Å². The van der Waals surface area contributed by atoms with Gasteiger partial charge in [-0.25, -0.2) is 15.8 Å². The lowest BCUT2D eigenvalue weighted by Crippen LogP contribution is -2.33. The summed E-state index contributed by atoms with van der Waals surface area (Å²) in [6.45, 7) is 3.78. The molecule has 0 spiro atoms. The van der Waals surface area contributed by atoms with Gasteiger partial charge in [0.15, 0.2) is 0 Å². The topological polar surface area (TPSA) is 79.1 Å². The molecule has 0 radical (unpaired) electrons. The highest BCUT2D eigenvalue weighted by atomic mass is 16.4. The number of nitrogens with zero attached hydrogens (tertiary/aromatic N) is 3. The average Bonchev–Trinajstić information content (AvgIpc) is 2.94. The van der Waals surface area contributed by atoms with E-state index in [1.165, 1.54) is 5.01 Å². The van der Waals surface area contributed by atoms with Gasteiger partial charge in [-0.1, -0.05) is 24.3 Å². The van der Waals surface area contributed by atoms with Crippen LogP contribution in [0.4, 0.5) is 11.7 Å². The highest BCUT2D eigenvalue weighted by molar-refractivity contribution is 5.72. The molecule has 0 amide bonds. The number of hydrogen-bond donors (Lipinski definition) is 1. The summed E-state index contributed by atoms with van der Waals surface area (Å²) in [5.74, 6) is 6.93. The lowest BCUT2D eigenvalue weighted by molar-refractivity contribution is 0.324. The Hall–Kier alpha value is -2.58. The summed E-state index contributed by atoms with van der Waals surface area (Å²) in [6, 6.07) is 8.82. The van der Waals surface area contributed by atoms with E-state index in [1.807, 2.05) is 44.2 Å². The standard InChI is InChI=1S/C18H20N4O/c1-3-5-14-6-7-15(18(12-19)8-4-9-18)10-16(14)22(20)17-21-11-13(2)23-17/h3,5-7,10-11H,4,8-9,20H2,1-2H3/b5-3-. The molecule has 1 aromatic carbocycles. The normalized spacial score (nSPS) is 16.1. The van der Waals surface area contributed by atoms with Gasteiger partial charge in [0.25, 0.3) is 0 Å². The molecule has 5 nitrogen and oxygen atoms in total. The Balaban J connectivity index is 2.07. The predicted octanol–water partition coefficient (Wildman–Crippen LogP) is 3.97. The van der Waals surface area contributed by atoms with Crippen molar-refractivity contribution in [2.45, 2.75) is 38.5 Å². The zero-order chi connectivity index (χ0) is 16.4. The Morgan fingerprint density at radius 3 is 2.74 bits per heavy atom. The van der Waals surface area contributed by atoms with Gasteiger partial charge in [-0.2, -0.15) is 5.26 Å². The Bertz CT molecular complexity index is 781. The molecule has 5 heteroatoms. The molecule has 0 saturated heterocycles. The van der Waals surface area contributed by atoms with Gasteiger partial charge in [0, 0.05) is 0 Å². The van der Waals surface area contributed by atoms with Crippen LogP contribution in [0.15, 0.2) is 34.9 Å². The fraction of sp³-hybridized carbons (Fsp3) is 0.333. The molecular weight excluding hydrogens is 288 g/mol. The van der Waals surface area contributed by atoms with Crippen LogP contribution in [0.3, 0.4) is 0 Å². The summed E-state index contributed by atoms with van der Waals surface area (Å²) < 4.78 is 5.53. The van der Waals surface area contributed by atoms with Crippen molar-refractivity contribution in [1.82, 2.24) is 4.98 Å². The Kier molecular flexibility index (Phi) is 3.93. The van der Waals surface area contributed by atoms with Crippen LogP contribution in [-0.4, -0.2) is 4.98 Å². The maximum Gasteiger partial charge on any atom is 0.316 e. The van der Waals surface area contributed by atoms with Gasteiger partial charge >= 0.3 is 6.01 Å². The van der Waals surface area contributed by atoms with Crippen molar-refractivity contribution in [2.24, 2.45) is 5.84 Å². The van der Waals surface area contributed by atoms with Crippen LogP contribution in [0.25, 0.3) is 6.08 Å². The average molecular weight is 308 g/mol. The predicted molar refractivity (Wildman–Crippen MR) is 89.9 cm³/mol. The monoisotopic (exact) mass is 308 g/mol. The minimum atomic E-state index is -0.378. The van der Waals surface area contributed by atoms with Crippen LogP contribution in [0.1, 0.15) is 43.1 Å². The highest BCUT2D eigenvalue weighted by Gasteiger charge is 2.39. The maximum absolute atomic E-state index is 9.57. The first kappa shape index (κ1) is 15.3. The fourth-order valence-electron chi connectivity index (χ4n) is 2.92. The molecule has 3 rings (SSSR count). The number of anilines is 2. The number of nitriles is 1. The van der Waals surface area contributed by atoms with Crippen molar-refractivity contribution >= 4 is 17.8 Å². The maximum atomic E-state index is 9.57. The molecule has 118 valence electrons. The zero-order valence-corrected chi connectivity index (χ0v) is 13.4. The molecule has 1 saturated carbocycles. The SMILES string of the molecule is C/C=C\c1ccc(C2(C#N)CCC2)cc1N(N)c1ncc(C)o1. The number of oxazole rings is 1. The summed E-state index contributed by atoms with van der Waals surface area (Å²) in [7, 11) is 0. The molecule has 1 aliphatic rings. The number of rotatable bonds is 4. The van der Waals surface area contributed by atoms with E-state index in [4.69, 9.17) is 10.3 Å². The number of aromatic nitrogens is 1. The van der Waals surface area contributed by atoms with Crippen molar-refractivity contribution in [3.63, 3.8) is 0 Å².